The Balaban J connectivity index is 2.71. The maximum Gasteiger partial charge on any atom is 0.136 e. The summed E-state index contributed by atoms with van der Waals surface area (Å²) in [6.07, 6.45) is 0.207. The van der Waals surface area contributed by atoms with E-state index in [1.54, 1.807) is 6.08 Å². The second-order valence-electron chi connectivity index (χ2n) is 2.82. The summed E-state index contributed by atoms with van der Waals surface area (Å²) in [6, 6.07) is 0. The van der Waals surface area contributed by atoms with Crippen molar-refractivity contribution in [3.05, 3.63) is 11.8 Å². The molecule has 3 unspecified atom stereocenters. The molecule has 3 nitrogen and oxygen atoms in total. The Morgan fingerprint density at radius 2 is 2.10 bits per heavy atom. The molecule has 0 aromatic rings. The first-order chi connectivity index (χ1) is 4.61. The van der Waals surface area contributed by atoms with Gasteiger partial charge in [-0.25, -0.2) is 0 Å². The minimum absolute atomic E-state index is 0.105. The van der Waals surface area contributed by atoms with E-state index < -0.39 is 12.2 Å². The zero-order valence-electron chi connectivity index (χ0n) is 5.86. The van der Waals surface area contributed by atoms with Gasteiger partial charge in [0.1, 0.15) is 11.9 Å². The summed E-state index contributed by atoms with van der Waals surface area (Å²) in [5.74, 6) is 0.0460. The van der Waals surface area contributed by atoms with Crippen molar-refractivity contribution >= 4 is 0 Å². The van der Waals surface area contributed by atoms with E-state index in [0.29, 0.717) is 6.42 Å². The second kappa shape index (κ2) is 2.60. The quantitative estimate of drug-likeness (QED) is 0.455. The fraction of sp³-hybridized carbons (Fsp3) is 0.714. The Hall–Kier alpha value is -0.540. The van der Waals surface area contributed by atoms with Gasteiger partial charge in [-0.2, -0.15) is 0 Å². The molecule has 0 fully saturated rings. The molecule has 1 rings (SSSR count). The zero-order valence-corrected chi connectivity index (χ0v) is 5.86. The number of hydrogen-bond acceptors (Lipinski definition) is 3. The topological polar surface area (TPSA) is 60.7 Å². The van der Waals surface area contributed by atoms with Gasteiger partial charge in [0.25, 0.3) is 0 Å². The Morgan fingerprint density at radius 3 is 2.60 bits per heavy atom. The number of aliphatic hydroxyl groups excluding tert-OH is 3. The number of hydrogen-bond donors (Lipinski definition) is 3. The maximum absolute atomic E-state index is 9.07. The summed E-state index contributed by atoms with van der Waals surface area (Å²) < 4.78 is 0. The van der Waals surface area contributed by atoms with Gasteiger partial charge < -0.3 is 15.3 Å². The smallest absolute Gasteiger partial charge is 0.136 e. The molecule has 0 bridgehead atoms. The van der Waals surface area contributed by atoms with Crippen molar-refractivity contribution in [3.63, 3.8) is 0 Å². The molecule has 3 atom stereocenters. The molecular weight excluding hydrogens is 132 g/mol. The third kappa shape index (κ3) is 1.30. The lowest BCUT2D eigenvalue weighted by molar-refractivity contribution is -0.00121. The number of allylic oxidation sites excluding steroid dienone is 1. The van der Waals surface area contributed by atoms with E-state index in [9.17, 15) is 0 Å². The van der Waals surface area contributed by atoms with Crippen molar-refractivity contribution in [2.75, 3.05) is 0 Å². The predicted octanol–water partition coefficient (Wildman–Crippen LogP) is 0.190. The van der Waals surface area contributed by atoms with Crippen molar-refractivity contribution in [3.8, 4) is 0 Å². The third-order valence-electron chi connectivity index (χ3n) is 1.74. The van der Waals surface area contributed by atoms with Gasteiger partial charge in [0.15, 0.2) is 0 Å². The monoisotopic (exact) mass is 144 g/mol. The van der Waals surface area contributed by atoms with Crippen molar-refractivity contribution in [2.24, 2.45) is 5.92 Å². The SMILES string of the molecule is CC1C=C(O)C(O)C(O)C1. The highest BCUT2D eigenvalue weighted by molar-refractivity contribution is 5.07. The van der Waals surface area contributed by atoms with E-state index >= 15 is 0 Å². The fourth-order valence-corrected chi connectivity index (χ4v) is 1.17. The highest BCUT2D eigenvalue weighted by Crippen LogP contribution is 2.21. The summed E-state index contributed by atoms with van der Waals surface area (Å²) in [4.78, 5) is 0. The summed E-state index contributed by atoms with van der Waals surface area (Å²) >= 11 is 0. The average molecular weight is 144 g/mol. The lowest BCUT2D eigenvalue weighted by atomic mass is 9.92. The predicted molar refractivity (Wildman–Crippen MR) is 36.5 cm³/mol. The van der Waals surface area contributed by atoms with Crippen LogP contribution in [-0.4, -0.2) is 27.5 Å². The molecule has 0 aromatic carbocycles. The normalized spacial score (nSPS) is 41.1. The molecule has 10 heavy (non-hydrogen) atoms. The van der Waals surface area contributed by atoms with Crippen LogP contribution in [0.4, 0.5) is 0 Å². The van der Waals surface area contributed by atoms with Crippen molar-refractivity contribution in [2.45, 2.75) is 25.6 Å². The molecule has 1 aliphatic rings. The van der Waals surface area contributed by atoms with Gasteiger partial charge in [0, 0.05) is 0 Å². The van der Waals surface area contributed by atoms with E-state index in [1.165, 1.54) is 0 Å². The van der Waals surface area contributed by atoms with Crippen LogP contribution in [0.25, 0.3) is 0 Å². The van der Waals surface area contributed by atoms with Crippen molar-refractivity contribution < 1.29 is 15.3 Å². The number of rotatable bonds is 0. The summed E-state index contributed by atoms with van der Waals surface area (Å²) in [7, 11) is 0. The fourth-order valence-electron chi connectivity index (χ4n) is 1.17. The molecule has 0 aliphatic heterocycles. The van der Waals surface area contributed by atoms with Gasteiger partial charge in [0.2, 0.25) is 0 Å². The first kappa shape index (κ1) is 7.57. The van der Waals surface area contributed by atoms with Crippen LogP contribution in [0.1, 0.15) is 13.3 Å². The maximum atomic E-state index is 9.07. The van der Waals surface area contributed by atoms with Gasteiger partial charge in [-0.15, -0.1) is 0 Å². The Kier molecular flexibility index (Phi) is 1.97. The van der Waals surface area contributed by atoms with Crippen LogP contribution in [-0.2, 0) is 0 Å². The Bertz CT molecular complexity index is 153. The zero-order chi connectivity index (χ0) is 7.72. The van der Waals surface area contributed by atoms with Gasteiger partial charge in [0.05, 0.1) is 6.10 Å². The van der Waals surface area contributed by atoms with Crippen LogP contribution in [0.5, 0.6) is 0 Å². The van der Waals surface area contributed by atoms with Gasteiger partial charge in [-0.1, -0.05) is 6.92 Å². The summed E-state index contributed by atoms with van der Waals surface area (Å²) in [6.45, 7) is 1.88. The highest BCUT2D eigenvalue weighted by Gasteiger charge is 2.26. The first-order valence-corrected chi connectivity index (χ1v) is 3.38. The van der Waals surface area contributed by atoms with E-state index in [1.807, 2.05) is 6.92 Å². The largest absolute Gasteiger partial charge is 0.510 e. The van der Waals surface area contributed by atoms with E-state index in [2.05, 4.69) is 0 Å². The van der Waals surface area contributed by atoms with Crippen LogP contribution < -0.4 is 0 Å². The highest BCUT2D eigenvalue weighted by atomic mass is 16.4. The Morgan fingerprint density at radius 1 is 1.50 bits per heavy atom. The van der Waals surface area contributed by atoms with E-state index in [-0.39, 0.29) is 11.7 Å². The molecule has 0 saturated heterocycles. The molecular formula is C7H12O3. The van der Waals surface area contributed by atoms with E-state index in [4.69, 9.17) is 15.3 Å². The molecule has 58 valence electrons. The molecule has 0 amide bonds. The molecule has 0 radical (unpaired) electrons. The molecule has 0 saturated carbocycles. The second-order valence-corrected chi connectivity index (χ2v) is 2.82. The summed E-state index contributed by atoms with van der Waals surface area (Å²) in [5.41, 5.74) is 0. The average Bonchev–Trinajstić information content (AvgIpc) is 1.82. The molecule has 1 aliphatic carbocycles. The van der Waals surface area contributed by atoms with Crippen LogP contribution in [0.3, 0.4) is 0 Å². The molecule has 0 aromatic heterocycles. The van der Waals surface area contributed by atoms with Gasteiger partial charge in [-0.3, -0.25) is 0 Å². The lowest BCUT2D eigenvalue weighted by Crippen LogP contribution is -2.33. The van der Waals surface area contributed by atoms with Gasteiger partial charge >= 0.3 is 0 Å². The standard InChI is InChI=1S/C7H12O3/c1-4-2-5(8)7(10)6(9)3-4/h2,4,6-10H,3H2,1H3. The Labute approximate surface area is 59.6 Å². The van der Waals surface area contributed by atoms with Crippen LogP contribution in [0.15, 0.2) is 11.8 Å². The van der Waals surface area contributed by atoms with Crippen molar-refractivity contribution in [1.29, 1.82) is 0 Å². The molecule has 3 N–H and O–H groups in total. The minimum atomic E-state index is -1.07. The van der Waals surface area contributed by atoms with Gasteiger partial charge in [-0.05, 0) is 18.4 Å². The van der Waals surface area contributed by atoms with Crippen LogP contribution in [0, 0.1) is 5.92 Å². The van der Waals surface area contributed by atoms with Crippen LogP contribution >= 0.6 is 0 Å². The molecule has 0 heterocycles. The number of aliphatic hydroxyl groups is 3. The van der Waals surface area contributed by atoms with Crippen molar-refractivity contribution in [1.82, 2.24) is 0 Å². The van der Waals surface area contributed by atoms with E-state index in [0.717, 1.165) is 0 Å². The molecule has 3 heteroatoms. The first-order valence-electron chi connectivity index (χ1n) is 3.38. The lowest BCUT2D eigenvalue weighted by Gasteiger charge is -2.24. The third-order valence-corrected chi connectivity index (χ3v) is 1.74. The van der Waals surface area contributed by atoms with Crippen LogP contribution in [0.2, 0.25) is 0 Å². The molecule has 0 spiro atoms. The summed E-state index contributed by atoms with van der Waals surface area (Å²) in [5, 5.41) is 27.0. The minimum Gasteiger partial charge on any atom is -0.510 e.